The third kappa shape index (κ3) is 2.25. The molecule has 22 heavy (non-hydrogen) atoms. The molecule has 3 aliphatic rings. The van der Waals surface area contributed by atoms with Crippen LogP contribution in [0.3, 0.4) is 0 Å². The van der Waals surface area contributed by atoms with Gasteiger partial charge < -0.3 is 8.92 Å². The van der Waals surface area contributed by atoms with Crippen molar-refractivity contribution in [3.05, 3.63) is 41.0 Å². The second-order valence-corrected chi connectivity index (χ2v) is 6.67. The van der Waals surface area contributed by atoms with Crippen molar-refractivity contribution in [2.24, 2.45) is 11.1 Å². The maximum Gasteiger partial charge on any atom is 0.142 e. The van der Waals surface area contributed by atoms with Gasteiger partial charge in [-0.25, -0.2) is 5.14 Å². The second-order valence-electron chi connectivity index (χ2n) is 6.32. The Labute approximate surface area is 135 Å². The van der Waals surface area contributed by atoms with Crippen molar-refractivity contribution in [2.45, 2.75) is 45.1 Å². The minimum Gasteiger partial charge on any atom is -0.485 e. The highest BCUT2D eigenvalue weighted by molar-refractivity contribution is 7.92. The molecule has 0 aromatic heterocycles. The SMILES string of the molecule is CC1Oc2cc(OSN)ccc2C2=C1C1=CCCCC1CC2. The Kier molecular flexibility index (Phi) is 3.66. The highest BCUT2D eigenvalue weighted by Gasteiger charge is 2.35. The van der Waals surface area contributed by atoms with Gasteiger partial charge in [0, 0.05) is 11.6 Å². The molecular weight excluding hydrogens is 294 g/mol. The molecule has 2 aliphatic carbocycles. The van der Waals surface area contributed by atoms with Crippen LogP contribution in [0.4, 0.5) is 0 Å². The van der Waals surface area contributed by atoms with Gasteiger partial charge in [0.15, 0.2) is 0 Å². The Morgan fingerprint density at radius 3 is 3.09 bits per heavy atom. The molecule has 116 valence electrons. The lowest BCUT2D eigenvalue weighted by molar-refractivity contribution is 0.246. The van der Waals surface area contributed by atoms with Crippen molar-refractivity contribution < 1.29 is 8.92 Å². The highest BCUT2D eigenvalue weighted by atomic mass is 32.2. The molecule has 2 N–H and O–H groups in total. The monoisotopic (exact) mass is 315 g/mol. The maximum atomic E-state index is 6.21. The largest absolute Gasteiger partial charge is 0.485 e. The van der Waals surface area contributed by atoms with E-state index < -0.39 is 0 Å². The molecule has 1 heterocycles. The molecule has 0 spiro atoms. The number of rotatable bonds is 2. The molecule has 0 amide bonds. The van der Waals surface area contributed by atoms with Gasteiger partial charge in [0.05, 0.1) is 0 Å². The molecule has 0 saturated carbocycles. The predicted molar refractivity (Wildman–Crippen MR) is 90.5 cm³/mol. The summed E-state index contributed by atoms with van der Waals surface area (Å²) < 4.78 is 11.5. The molecule has 1 aromatic carbocycles. The summed E-state index contributed by atoms with van der Waals surface area (Å²) in [7, 11) is 0. The van der Waals surface area contributed by atoms with E-state index in [1.807, 2.05) is 12.1 Å². The minimum absolute atomic E-state index is 0.121. The molecule has 0 bridgehead atoms. The summed E-state index contributed by atoms with van der Waals surface area (Å²) >= 11 is 0.867. The normalized spacial score (nSPS) is 26.4. The zero-order valence-electron chi connectivity index (χ0n) is 12.8. The number of allylic oxidation sites excluding steroid dienone is 2. The van der Waals surface area contributed by atoms with Crippen molar-refractivity contribution in [3.63, 3.8) is 0 Å². The van der Waals surface area contributed by atoms with Crippen LogP contribution >= 0.6 is 12.2 Å². The first kappa shape index (κ1) is 14.2. The number of nitrogens with two attached hydrogens (primary N) is 1. The van der Waals surface area contributed by atoms with E-state index in [4.69, 9.17) is 14.1 Å². The van der Waals surface area contributed by atoms with Gasteiger partial charge in [0.2, 0.25) is 0 Å². The lowest BCUT2D eigenvalue weighted by Crippen LogP contribution is -2.29. The average Bonchev–Trinajstić information content (AvgIpc) is 2.54. The summed E-state index contributed by atoms with van der Waals surface area (Å²) in [6.07, 6.45) is 8.88. The van der Waals surface area contributed by atoms with Crippen LogP contribution in [0.1, 0.15) is 44.6 Å². The van der Waals surface area contributed by atoms with Crippen LogP contribution in [0.2, 0.25) is 0 Å². The van der Waals surface area contributed by atoms with Gasteiger partial charge in [-0.05, 0) is 73.8 Å². The Morgan fingerprint density at radius 2 is 2.23 bits per heavy atom. The molecule has 2 atom stereocenters. The summed E-state index contributed by atoms with van der Waals surface area (Å²) in [5.41, 5.74) is 5.71. The first-order chi connectivity index (χ1) is 10.8. The van der Waals surface area contributed by atoms with Gasteiger partial charge in [-0.15, -0.1) is 0 Å². The van der Waals surface area contributed by atoms with Crippen LogP contribution in [-0.2, 0) is 0 Å². The fraction of sp³-hybridized carbons (Fsp3) is 0.444. The van der Waals surface area contributed by atoms with E-state index in [-0.39, 0.29) is 6.10 Å². The molecule has 2 unspecified atom stereocenters. The molecule has 0 saturated heterocycles. The Balaban J connectivity index is 1.80. The topological polar surface area (TPSA) is 44.5 Å². The van der Waals surface area contributed by atoms with Crippen LogP contribution in [0, 0.1) is 5.92 Å². The standard InChI is InChI=1S/C18H21NO2S/c1-11-18-14-5-3-2-4-12(14)6-8-16(18)15-9-7-13(21-22-19)10-17(15)20-11/h5,7,9-12H,2-4,6,8,19H2,1H3. The van der Waals surface area contributed by atoms with E-state index in [2.05, 4.69) is 19.1 Å². The van der Waals surface area contributed by atoms with E-state index in [1.165, 1.54) is 42.4 Å². The van der Waals surface area contributed by atoms with Crippen molar-refractivity contribution in [1.82, 2.24) is 0 Å². The molecule has 4 rings (SSSR count). The quantitative estimate of drug-likeness (QED) is 0.638. The number of fused-ring (bicyclic) bond motifs is 4. The fourth-order valence-electron chi connectivity index (χ4n) is 4.17. The summed E-state index contributed by atoms with van der Waals surface area (Å²) in [4.78, 5) is 0. The van der Waals surface area contributed by atoms with Gasteiger partial charge in [-0.2, -0.15) is 0 Å². The number of hydrogen-bond acceptors (Lipinski definition) is 4. The summed E-state index contributed by atoms with van der Waals surface area (Å²) in [5.74, 6) is 2.41. The smallest absolute Gasteiger partial charge is 0.142 e. The molecule has 3 nitrogen and oxygen atoms in total. The van der Waals surface area contributed by atoms with Gasteiger partial charge in [0.1, 0.15) is 29.8 Å². The van der Waals surface area contributed by atoms with Crippen LogP contribution in [0.25, 0.3) is 5.57 Å². The molecule has 4 heteroatoms. The molecule has 0 fully saturated rings. The zero-order chi connectivity index (χ0) is 15.1. The maximum absolute atomic E-state index is 6.21. The average molecular weight is 315 g/mol. The van der Waals surface area contributed by atoms with Crippen molar-refractivity contribution >= 4 is 17.8 Å². The van der Waals surface area contributed by atoms with E-state index in [9.17, 15) is 0 Å². The van der Waals surface area contributed by atoms with Crippen molar-refractivity contribution in [2.75, 3.05) is 0 Å². The molecule has 1 aliphatic heterocycles. The van der Waals surface area contributed by atoms with Gasteiger partial charge >= 0.3 is 0 Å². The van der Waals surface area contributed by atoms with Gasteiger partial charge in [-0.1, -0.05) is 6.08 Å². The molecule has 0 radical (unpaired) electrons. The summed E-state index contributed by atoms with van der Waals surface area (Å²) in [6.45, 7) is 2.17. The zero-order valence-corrected chi connectivity index (χ0v) is 13.6. The van der Waals surface area contributed by atoms with Crippen molar-refractivity contribution in [1.29, 1.82) is 0 Å². The minimum atomic E-state index is 0.121. The van der Waals surface area contributed by atoms with Crippen LogP contribution in [0.5, 0.6) is 11.5 Å². The summed E-state index contributed by atoms with van der Waals surface area (Å²) in [6, 6.07) is 6.05. The van der Waals surface area contributed by atoms with Crippen LogP contribution in [0.15, 0.2) is 35.4 Å². The van der Waals surface area contributed by atoms with E-state index >= 15 is 0 Å². The molecule has 1 aromatic rings. The molecular formula is C18H21NO2S. The van der Waals surface area contributed by atoms with Crippen LogP contribution < -0.4 is 14.1 Å². The highest BCUT2D eigenvalue weighted by Crippen LogP contribution is 2.50. The van der Waals surface area contributed by atoms with E-state index in [0.29, 0.717) is 0 Å². The van der Waals surface area contributed by atoms with E-state index in [1.54, 1.807) is 5.57 Å². The van der Waals surface area contributed by atoms with Crippen molar-refractivity contribution in [3.8, 4) is 11.5 Å². The number of benzene rings is 1. The third-order valence-electron chi connectivity index (χ3n) is 5.07. The lowest BCUT2D eigenvalue weighted by Gasteiger charge is -2.39. The Hall–Kier alpha value is -1.39. The Bertz CT molecular complexity index is 665. The van der Waals surface area contributed by atoms with Gasteiger partial charge in [0.25, 0.3) is 0 Å². The second kappa shape index (κ2) is 5.67. The lowest BCUT2D eigenvalue weighted by atomic mass is 9.71. The van der Waals surface area contributed by atoms with E-state index in [0.717, 1.165) is 36.1 Å². The first-order valence-corrected chi connectivity index (χ1v) is 8.86. The number of ether oxygens (including phenoxy) is 1. The van der Waals surface area contributed by atoms with Gasteiger partial charge in [-0.3, -0.25) is 0 Å². The fourth-order valence-corrected chi connectivity index (χ4v) is 4.38. The summed E-state index contributed by atoms with van der Waals surface area (Å²) in [5, 5.41) is 5.38. The van der Waals surface area contributed by atoms with Crippen LogP contribution in [-0.4, -0.2) is 6.10 Å². The first-order valence-electron chi connectivity index (χ1n) is 8.06. The third-order valence-corrected chi connectivity index (χ3v) is 5.36. The Morgan fingerprint density at radius 1 is 1.32 bits per heavy atom. The predicted octanol–water partition coefficient (Wildman–Crippen LogP) is 4.64. The number of hydrogen-bond donors (Lipinski definition) is 1.